The smallest absolute Gasteiger partial charge is 0.379 e. The van der Waals surface area contributed by atoms with Crippen LogP contribution >= 0.6 is 0 Å². The number of fused-ring (bicyclic) bond motifs is 1. The van der Waals surface area contributed by atoms with Crippen molar-refractivity contribution in [1.82, 2.24) is 10.2 Å². The average molecular weight is 230 g/mol. The van der Waals surface area contributed by atoms with Gasteiger partial charge in [0.15, 0.2) is 0 Å². The molecular formula is C12H10N2O3. The molecule has 0 unspecified atom stereocenters. The first-order chi connectivity index (χ1) is 8.22. The molecule has 5 nitrogen and oxygen atoms in total. The Morgan fingerprint density at radius 3 is 2.59 bits per heavy atom. The van der Waals surface area contributed by atoms with Crippen molar-refractivity contribution in [2.45, 2.75) is 6.92 Å². The van der Waals surface area contributed by atoms with E-state index in [1.54, 1.807) is 31.3 Å². The van der Waals surface area contributed by atoms with Crippen molar-refractivity contribution < 1.29 is 14.3 Å². The van der Waals surface area contributed by atoms with Gasteiger partial charge in [0.2, 0.25) is 0 Å². The zero-order valence-electron chi connectivity index (χ0n) is 9.21. The highest BCUT2D eigenvalue weighted by Gasteiger charge is 2.17. The molecule has 1 aromatic carbocycles. The molecule has 86 valence electrons. The number of carbonyl (C=O) groups is 2. The van der Waals surface area contributed by atoms with Crippen LogP contribution in [0.5, 0.6) is 0 Å². The zero-order valence-corrected chi connectivity index (χ0v) is 9.21. The Bertz CT molecular complexity index is 581. The summed E-state index contributed by atoms with van der Waals surface area (Å²) in [5.41, 5.74) is 0.295. The molecule has 5 heteroatoms. The number of ether oxygens (including phenoxy) is 1. The molecule has 2 aromatic rings. The average Bonchev–Trinajstić information content (AvgIpc) is 2.37. The number of rotatable bonds is 3. The molecule has 0 N–H and O–H groups in total. The minimum atomic E-state index is -0.839. The van der Waals surface area contributed by atoms with Gasteiger partial charge in [-0.25, -0.2) is 4.79 Å². The largest absolute Gasteiger partial charge is 0.460 e. The summed E-state index contributed by atoms with van der Waals surface area (Å²) < 4.78 is 4.65. The van der Waals surface area contributed by atoms with Crippen LogP contribution in [0.2, 0.25) is 0 Å². The highest BCUT2D eigenvalue weighted by atomic mass is 16.5. The number of hydrogen-bond acceptors (Lipinski definition) is 5. The number of benzene rings is 1. The van der Waals surface area contributed by atoms with Gasteiger partial charge in [-0.1, -0.05) is 12.1 Å². The van der Waals surface area contributed by atoms with Crippen LogP contribution in [0.1, 0.15) is 17.3 Å². The van der Waals surface area contributed by atoms with Gasteiger partial charge < -0.3 is 4.74 Å². The van der Waals surface area contributed by atoms with E-state index in [-0.39, 0.29) is 6.61 Å². The van der Waals surface area contributed by atoms with Crippen molar-refractivity contribution in [2.24, 2.45) is 0 Å². The minimum absolute atomic E-state index is 0.184. The molecule has 0 aliphatic carbocycles. The highest BCUT2D eigenvalue weighted by molar-refractivity contribution is 6.40. The molecular weight excluding hydrogens is 220 g/mol. The molecule has 0 aliphatic rings. The molecule has 0 fully saturated rings. The second-order valence-electron chi connectivity index (χ2n) is 3.38. The Kier molecular flexibility index (Phi) is 3.09. The van der Waals surface area contributed by atoms with Gasteiger partial charge in [-0.3, -0.25) is 4.79 Å². The van der Waals surface area contributed by atoms with Gasteiger partial charge in [0.25, 0.3) is 5.78 Å². The van der Waals surface area contributed by atoms with Crippen LogP contribution in [-0.4, -0.2) is 28.6 Å². The van der Waals surface area contributed by atoms with Crippen LogP contribution in [0.4, 0.5) is 0 Å². The summed E-state index contributed by atoms with van der Waals surface area (Å²) in [7, 11) is 0. The van der Waals surface area contributed by atoms with E-state index in [0.717, 1.165) is 10.8 Å². The molecule has 0 saturated heterocycles. The quantitative estimate of drug-likeness (QED) is 0.452. The molecule has 0 aliphatic heterocycles. The van der Waals surface area contributed by atoms with Gasteiger partial charge in [0.1, 0.15) is 0 Å². The maximum absolute atomic E-state index is 11.7. The summed E-state index contributed by atoms with van der Waals surface area (Å²) in [6, 6.07) is 4.89. The second kappa shape index (κ2) is 4.69. The number of nitrogens with zero attached hydrogens (tertiary/aromatic N) is 2. The summed E-state index contributed by atoms with van der Waals surface area (Å²) >= 11 is 0. The first-order valence-corrected chi connectivity index (χ1v) is 5.14. The molecule has 17 heavy (non-hydrogen) atoms. The fourth-order valence-electron chi connectivity index (χ4n) is 1.45. The normalized spacial score (nSPS) is 10.2. The van der Waals surface area contributed by atoms with Gasteiger partial charge >= 0.3 is 5.97 Å². The predicted molar refractivity (Wildman–Crippen MR) is 60.5 cm³/mol. The van der Waals surface area contributed by atoms with E-state index in [9.17, 15) is 9.59 Å². The van der Waals surface area contributed by atoms with Crippen LogP contribution in [0.15, 0.2) is 30.6 Å². The number of ketones is 1. The SMILES string of the molecule is CCOC(=O)C(=O)c1ccc2cnncc2c1. The number of hydrogen-bond donors (Lipinski definition) is 0. The third-order valence-corrected chi connectivity index (χ3v) is 2.27. The van der Waals surface area contributed by atoms with E-state index >= 15 is 0 Å². The molecule has 1 heterocycles. The first kappa shape index (κ1) is 11.2. The monoisotopic (exact) mass is 230 g/mol. The highest BCUT2D eigenvalue weighted by Crippen LogP contribution is 2.14. The molecule has 0 radical (unpaired) electrons. The van der Waals surface area contributed by atoms with Crippen LogP contribution in [-0.2, 0) is 9.53 Å². The first-order valence-electron chi connectivity index (χ1n) is 5.14. The van der Waals surface area contributed by atoms with Crippen molar-refractivity contribution >= 4 is 22.5 Å². The van der Waals surface area contributed by atoms with E-state index in [1.165, 1.54) is 6.20 Å². The van der Waals surface area contributed by atoms with Crippen molar-refractivity contribution in [1.29, 1.82) is 0 Å². The van der Waals surface area contributed by atoms with E-state index in [0.29, 0.717) is 5.56 Å². The van der Waals surface area contributed by atoms with E-state index in [4.69, 9.17) is 0 Å². The van der Waals surface area contributed by atoms with Gasteiger partial charge in [0, 0.05) is 16.3 Å². The topological polar surface area (TPSA) is 69.2 Å². The Hall–Kier alpha value is -2.30. The lowest BCUT2D eigenvalue weighted by molar-refractivity contribution is -0.137. The Balaban J connectivity index is 2.36. The van der Waals surface area contributed by atoms with Crippen LogP contribution in [0.3, 0.4) is 0 Å². The second-order valence-corrected chi connectivity index (χ2v) is 3.38. The van der Waals surface area contributed by atoms with Crippen molar-refractivity contribution in [3.63, 3.8) is 0 Å². The van der Waals surface area contributed by atoms with Crippen molar-refractivity contribution in [2.75, 3.05) is 6.61 Å². The lowest BCUT2D eigenvalue weighted by Crippen LogP contribution is -2.17. The minimum Gasteiger partial charge on any atom is -0.460 e. The molecule has 1 aromatic heterocycles. The maximum Gasteiger partial charge on any atom is 0.379 e. The van der Waals surface area contributed by atoms with Crippen molar-refractivity contribution in [3.8, 4) is 0 Å². The van der Waals surface area contributed by atoms with Gasteiger partial charge in [0.05, 0.1) is 19.0 Å². The van der Waals surface area contributed by atoms with Crippen LogP contribution in [0, 0.1) is 0 Å². The fraction of sp³-hybridized carbons (Fsp3) is 0.167. The van der Waals surface area contributed by atoms with Crippen LogP contribution < -0.4 is 0 Å². The van der Waals surface area contributed by atoms with E-state index in [2.05, 4.69) is 14.9 Å². The Morgan fingerprint density at radius 2 is 1.88 bits per heavy atom. The number of carbonyl (C=O) groups excluding carboxylic acids is 2. The van der Waals surface area contributed by atoms with Crippen molar-refractivity contribution in [3.05, 3.63) is 36.2 Å². The zero-order chi connectivity index (χ0) is 12.3. The third kappa shape index (κ3) is 2.28. The third-order valence-electron chi connectivity index (χ3n) is 2.27. The number of Topliss-reactive ketones (excluding diaryl/α,β-unsaturated/α-hetero) is 1. The number of aromatic nitrogens is 2. The summed E-state index contributed by atoms with van der Waals surface area (Å²) in [5, 5.41) is 9.06. The molecule has 0 amide bonds. The molecule has 0 saturated carbocycles. The summed E-state index contributed by atoms with van der Waals surface area (Å²) in [6.45, 7) is 1.84. The molecule has 2 rings (SSSR count). The van der Waals surface area contributed by atoms with Gasteiger partial charge in [-0.05, 0) is 13.0 Å². The molecule has 0 spiro atoms. The number of esters is 1. The Morgan fingerprint density at radius 1 is 1.18 bits per heavy atom. The maximum atomic E-state index is 11.7. The lowest BCUT2D eigenvalue weighted by Gasteiger charge is -2.02. The van der Waals surface area contributed by atoms with Gasteiger partial charge in [-0.2, -0.15) is 10.2 Å². The lowest BCUT2D eigenvalue weighted by atomic mass is 10.1. The van der Waals surface area contributed by atoms with E-state index < -0.39 is 11.8 Å². The van der Waals surface area contributed by atoms with Gasteiger partial charge in [-0.15, -0.1) is 0 Å². The van der Waals surface area contributed by atoms with Crippen LogP contribution in [0.25, 0.3) is 10.8 Å². The predicted octanol–water partition coefficient (Wildman–Crippen LogP) is 1.38. The molecule has 0 atom stereocenters. The molecule has 0 bridgehead atoms. The standard InChI is InChI=1S/C12H10N2O3/c1-2-17-12(16)11(15)8-3-4-9-6-13-14-7-10(9)5-8/h3-7H,2H2,1H3. The summed E-state index contributed by atoms with van der Waals surface area (Å²) in [4.78, 5) is 22.9. The summed E-state index contributed by atoms with van der Waals surface area (Å²) in [6.07, 6.45) is 3.13. The summed E-state index contributed by atoms with van der Waals surface area (Å²) in [5.74, 6) is -1.49. The fourth-order valence-corrected chi connectivity index (χ4v) is 1.45. The Labute approximate surface area is 97.4 Å². The van der Waals surface area contributed by atoms with E-state index in [1.807, 2.05) is 0 Å².